The smallest absolute Gasteiger partial charge is 0.264 e. The summed E-state index contributed by atoms with van der Waals surface area (Å²) >= 11 is 6.37. The topological polar surface area (TPSA) is 105 Å². The molecule has 0 radical (unpaired) electrons. The maximum absolute atomic E-state index is 14.1. The highest BCUT2D eigenvalue weighted by Gasteiger charge is 2.34. The van der Waals surface area contributed by atoms with Crippen molar-refractivity contribution in [1.82, 2.24) is 10.2 Å². The lowest BCUT2D eigenvalue weighted by Crippen LogP contribution is -2.52. The van der Waals surface area contributed by atoms with Crippen molar-refractivity contribution >= 4 is 39.1 Å². The van der Waals surface area contributed by atoms with Crippen molar-refractivity contribution in [3.8, 4) is 11.5 Å². The third kappa shape index (κ3) is 7.71. The van der Waals surface area contributed by atoms with Gasteiger partial charge in [0.1, 0.15) is 24.1 Å². The van der Waals surface area contributed by atoms with Gasteiger partial charge in [0.25, 0.3) is 10.0 Å². The number of ether oxygens (including phenoxy) is 2. The number of anilines is 1. The van der Waals surface area contributed by atoms with E-state index in [0.29, 0.717) is 24.5 Å². The first kappa shape index (κ1) is 31.8. The van der Waals surface area contributed by atoms with Crippen LogP contribution in [0.3, 0.4) is 0 Å². The predicted octanol–water partition coefficient (Wildman–Crippen LogP) is 4.80. The second-order valence-electron chi connectivity index (χ2n) is 9.34. The molecule has 1 unspecified atom stereocenters. The molecule has 3 aromatic carbocycles. The van der Waals surface area contributed by atoms with Gasteiger partial charge in [-0.2, -0.15) is 0 Å². The normalized spacial score (nSPS) is 11.9. The van der Waals surface area contributed by atoms with Crippen LogP contribution in [0.5, 0.6) is 11.5 Å². The molecule has 41 heavy (non-hydrogen) atoms. The molecule has 0 saturated carbocycles. The van der Waals surface area contributed by atoms with Crippen molar-refractivity contribution in [2.24, 2.45) is 0 Å². The van der Waals surface area contributed by atoms with E-state index in [-0.39, 0.29) is 28.1 Å². The predicted molar refractivity (Wildman–Crippen MR) is 160 cm³/mol. The van der Waals surface area contributed by atoms with Crippen LogP contribution in [0.4, 0.5) is 5.69 Å². The highest BCUT2D eigenvalue weighted by atomic mass is 35.5. The van der Waals surface area contributed by atoms with Crippen LogP contribution in [0.15, 0.2) is 71.6 Å². The van der Waals surface area contributed by atoms with Crippen LogP contribution in [0.2, 0.25) is 5.02 Å². The van der Waals surface area contributed by atoms with Crippen molar-refractivity contribution in [1.29, 1.82) is 0 Å². The molecule has 11 heteroatoms. The van der Waals surface area contributed by atoms with Crippen LogP contribution in [-0.4, -0.2) is 58.5 Å². The van der Waals surface area contributed by atoms with E-state index in [1.807, 2.05) is 13.0 Å². The molecule has 3 rings (SSSR count). The summed E-state index contributed by atoms with van der Waals surface area (Å²) in [5.41, 5.74) is 1.79. The number of nitrogens with one attached hydrogen (secondary N) is 1. The Morgan fingerprint density at radius 2 is 1.68 bits per heavy atom. The third-order valence-electron chi connectivity index (χ3n) is 6.54. The van der Waals surface area contributed by atoms with Gasteiger partial charge in [0.2, 0.25) is 11.8 Å². The molecule has 0 bridgehead atoms. The van der Waals surface area contributed by atoms with Crippen LogP contribution in [0.1, 0.15) is 31.4 Å². The summed E-state index contributed by atoms with van der Waals surface area (Å²) in [5.74, 6) is 0.0639. The first-order chi connectivity index (χ1) is 19.5. The number of methoxy groups -OCH3 is 2. The fourth-order valence-electron chi connectivity index (χ4n) is 4.36. The van der Waals surface area contributed by atoms with Gasteiger partial charge >= 0.3 is 0 Å². The molecule has 0 aliphatic heterocycles. The minimum Gasteiger partial charge on any atom is -0.497 e. The number of carbonyl (C=O) groups is 2. The first-order valence-corrected chi connectivity index (χ1v) is 15.0. The molecule has 0 saturated heterocycles. The number of carbonyl (C=O) groups excluding carboxylic acids is 2. The Balaban J connectivity index is 2.10. The largest absolute Gasteiger partial charge is 0.497 e. The van der Waals surface area contributed by atoms with Gasteiger partial charge in [0.15, 0.2) is 0 Å². The molecule has 1 atom stereocenters. The van der Waals surface area contributed by atoms with Crippen LogP contribution in [-0.2, 0) is 26.2 Å². The van der Waals surface area contributed by atoms with Crippen LogP contribution in [0, 0.1) is 6.92 Å². The molecule has 0 spiro atoms. The van der Waals surface area contributed by atoms with E-state index in [2.05, 4.69) is 5.32 Å². The molecule has 3 aromatic rings. The lowest BCUT2D eigenvalue weighted by Gasteiger charge is -2.33. The number of hydrogen-bond acceptors (Lipinski definition) is 6. The number of rotatable bonds is 13. The van der Waals surface area contributed by atoms with Gasteiger partial charge in [-0.15, -0.1) is 0 Å². The zero-order valence-corrected chi connectivity index (χ0v) is 25.5. The number of nitrogens with zero attached hydrogens (tertiary/aromatic N) is 2. The zero-order chi connectivity index (χ0) is 30.2. The van der Waals surface area contributed by atoms with E-state index < -0.39 is 28.5 Å². The number of benzene rings is 3. The third-order valence-corrected chi connectivity index (χ3v) is 8.62. The van der Waals surface area contributed by atoms with E-state index in [1.54, 1.807) is 51.3 Å². The maximum atomic E-state index is 14.1. The number of halogens is 1. The second-order valence-corrected chi connectivity index (χ2v) is 11.6. The molecular weight excluding hydrogens is 566 g/mol. The van der Waals surface area contributed by atoms with E-state index in [4.69, 9.17) is 21.1 Å². The maximum Gasteiger partial charge on any atom is 0.264 e. The molecule has 1 N–H and O–H groups in total. The lowest BCUT2D eigenvalue weighted by molar-refractivity contribution is -0.140. The quantitative estimate of drug-likeness (QED) is 0.302. The van der Waals surface area contributed by atoms with Crippen molar-refractivity contribution in [2.75, 3.05) is 31.6 Å². The standard InChI is InChI=1S/C30H36ClN3O6S/c1-6-27(30(36)32-7-2)33(19-22-9-8-10-24(17-22)39-4)29(35)20-34(23-13-16-28(40-5)26(31)18-23)41(37,38)25-14-11-21(3)12-15-25/h8-18,27H,6-7,19-20H2,1-5H3,(H,32,36). The SMILES string of the molecule is CCNC(=O)C(CC)N(Cc1cccc(OC)c1)C(=O)CN(c1ccc(OC)c(Cl)c1)S(=O)(=O)c1ccc(C)cc1. The highest BCUT2D eigenvalue weighted by molar-refractivity contribution is 7.92. The van der Waals surface area contributed by atoms with Gasteiger partial charge in [-0.3, -0.25) is 13.9 Å². The average Bonchev–Trinajstić information content (AvgIpc) is 2.96. The van der Waals surface area contributed by atoms with E-state index in [0.717, 1.165) is 15.4 Å². The number of aryl methyl sites for hydroxylation is 1. The zero-order valence-electron chi connectivity index (χ0n) is 23.9. The Hall–Kier alpha value is -3.76. The van der Waals surface area contributed by atoms with Gasteiger partial charge in [0, 0.05) is 13.1 Å². The van der Waals surface area contributed by atoms with Gasteiger partial charge in [-0.25, -0.2) is 8.42 Å². The minimum absolute atomic E-state index is 0.0120. The summed E-state index contributed by atoms with van der Waals surface area (Å²) in [4.78, 5) is 28.6. The molecule has 9 nitrogen and oxygen atoms in total. The molecule has 0 heterocycles. The Morgan fingerprint density at radius 3 is 2.27 bits per heavy atom. The second kappa shape index (κ2) is 14.2. The summed E-state index contributed by atoms with van der Waals surface area (Å²) in [5, 5.41) is 2.97. The van der Waals surface area contributed by atoms with E-state index >= 15 is 0 Å². The molecule has 0 fully saturated rings. The molecule has 0 aliphatic rings. The average molecular weight is 602 g/mol. The monoisotopic (exact) mass is 601 g/mol. The van der Waals surface area contributed by atoms with Gasteiger partial charge < -0.3 is 19.7 Å². The van der Waals surface area contributed by atoms with Gasteiger partial charge in [0.05, 0.1) is 29.8 Å². The Kier molecular flexibility index (Phi) is 11.0. The lowest BCUT2D eigenvalue weighted by atomic mass is 10.1. The number of sulfonamides is 1. The van der Waals surface area contributed by atoms with E-state index in [9.17, 15) is 18.0 Å². The number of likely N-dealkylation sites (N-methyl/N-ethyl adjacent to an activating group) is 1. The van der Waals surface area contributed by atoms with Crippen LogP contribution < -0.4 is 19.1 Å². The fraction of sp³-hybridized carbons (Fsp3) is 0.333. The Bertz CT molecular complexity index is 1460. The summed E-state index contributed by atoms with van der Waals surface area (Å²) in [6, 6.07) is 17.2. The fourth-order valence-corrected chi connectivity index (χ4v) is 6.01. The first-order valence-electron chi connectivity index (χ1n) is 13.2. The van der Waals surface area contributed by atoms with Crippen molar-refractivity contribution in [3.63, 3.8) is 0 Å². The Morgan fingerprint density at radius 1 is 0.976 bits per heavy atom. The molecule has 0 aromatic heterocycles. The van der Waals surface area contributed by atoms with Gasteiger partial charge in [-0.1, -0.05) is 48.4 Å². The van der Waals surface area contributed by atoms with Gasteiger partial charge in [-0.05, 0) is 68.3 Å². The summed E-state index contributed by atoms with van der Waals surface area (Å²) in [7, 11) is -1.22. The molecule has 0 aliphatic carbocycles. The number of amides is 2. The van der Waals surface area contributed by atoms with Crippen molar-refractivity contribution < 1.29 is 27.5 Å². The molecule has 220 valence electrons. The van der Waals surface area contributed by atoms with Crippen molar-refractivity contribution in [3.05, 3.63) is 82.9 Å². The minimum atomic E-state index is -4.22. The van der Waals surface area contributed by atoms with Crippen molar-refractivity contribution in [2.45, 2.75) is 44.7 Å². The summed E-state index contributed by atoms with van der Waals surface area (Å²) < 4.78 is 39.5. The summed E-state index contributed by atoms with van der Waals surface area (Å²) in [6.07, 6.45) is 0.320. The van der Waals surface area contributed by atoms with Crippen LogP contribution in [0.25, 0.3) is 0 Å². The van der Waals surface area contributed by atoms with Crippen LogP contribution >= 0.6 is 11.6 Å². The molecular formula is C30H36ClN3O6S. The summed E-state index contributed by atoms with van der Waals surface area (Å²) in [6.45, 7) is 5.32. The Labute approximate surface area is 247 Å². The molecule has 2 amide bonds. The highest BCUT2D eigenvalue weighted by Crippen LogP contribution is 2.32. The number of hydrogen-bond donors (Lipinski definition) is 1. The van der Waals surface area contributed by atoms with E-state index in [1.165, 1.54) is 42.3 Å².